The average molecular weight is 489 g/mol. The number of anilines is 1. The van der Waals surface area contributed by atoms with Crippen molar-refractivity contribution in [3.05, 3.63) is 65.5 Å². The van der Waals surface area contributed by atoms with Crippen molar-refractivity contribution in [1.29, 1.82) is 0 Å². The van der Waals surface area contributed by atoms with Crippen LogP contribution < -0.4 is 10.1 Å². The lowest BCUT2D eigenvalue weighted by Crippen LogP contribution is -2.17. The first kappa shape index (κ1) is 25.7. The highest BCUT2D eigenvalue weighted by Crippen LogP contribution is 2.27. The van der Waals surface area contributed by atoms with E-state index in [1.165, 1.54) is 23.4 Å². The molecule has 0 bridgehead atoms. The Morgan fingerprint density at radius 2 is 1.76 bits per heavy atom. The zero-order valence-corrected chi connectivity index (χ0v) is 20.8. The number of thioether (sulfide) groups is 1. The molecule has 0 aliphatic heterocycles. The lowest BCUT2D eigenvalue weighted by Gasteiger charge is -2.18. The molecule has 0 spiro atoms. The summed E-state index contributed by atoms with van der Waals surface area (Å²) < 4.78 is 35.0. The third kappa shape index (κ3) is 6.79. The van der Waals surface area contributed by atoms with Crippen LogP contribution in [0.5, 0.6) is 5.75 Å². The Balaban J connectivity index is 1.69. The summed E-state index contributed by atoms with van der Waals surface area (Å²) in [6, 6.07) is 11.0. The number of hydrogen-bond donors (Lipinski definition) is 1. The van der Waals surface area contributed by atoms with E-state index >= 15 is 0 Å². The summed E-state index contributed by atoms with van der Waals surface area (Å²) in [5, 5.41) is 11.6. The monoisotopic (exact) mass is 488 g/mol. The normalized spacial score (nSPS) is 12.3. The van der Waals surface area contributed by atoms with Gasteiger partial charge in [0.1, 0.15) is 17.4 Å². The van der Waals surface area contributed by atoms with Gasteiger partial charge in [-0.15, -0.1) is 10.2 Å². The van der Waals surface area contributed by atoms with E-state index in [2.05, 4.69) is 55.3 Å². The number of halogens is 2. The molecule has 6 nitrogen and oxygen atoms in total. The minimum atomic E-state index is -0.823. The molecule has 1 aromatic heterocycles. The summed E-state index contributed by atoms with van der Waals surface area (Å²) in [6.07, 6.45) is -0.354. The number of rotatable bonds is 10. The highest BCUT2D eigenvalue weighted by Gasteiger charge is 2.21. The molecular weight excluding hydrogens is 458 g/mol. The molecule has 2 aromatic carbocycles. The van der Waals surface area contributed by atoms with Gasteiger partial charge in [0.2, 0.25) is 5.91 Å². The molecule has 9 heteroatoms. The Labute approximate surface area is 203 Å². The molecule has 1 unspecified atom stereocenters. The van der Waals surface area contributed by atoms with Gasteiger partial charge >= 0.3 is 0 Å². The molecule has 1 atom stereocenters. The van der Waals surface area contributed by atoms with Crippen LogP contribution in [0, 0.1) is 17.6 Å². The summed E-state index contributed by atoms with van der Waals surface area (Å²) in [4.78, 5) is 12.3. The molecule has 0 saturated carbocycles. The molecule has 0 aliphatic rings. The molecule has 0 radical (unpaired) electrons. The van der Waals surface area contributed by atoms with E-state index in [0.717, 1.165) is 17.9 Å². The van der Waals surface area contributed by atoms with Gasteiger partial charge in [-0.1, -0.05) is 51.6 Å². The van der Waals surface area contributed by atoms with Crippen LogP contribution in [0.2, 0.25) is 0 Å². The second-order valence-corrected chi connectivity index (χ2v) is 9.73. The van der Waals surface area contributed by atoms with E-state index in [1.807, 2.05) is 23.6 Å². The first-order chi connectivity index (χ1) is 16.1. The maximum Gasteiger partial charge on any atom is 0.234 e. The number of carbonyl (C=O) groups excluding carboxylic acids is 1. The zero-order valence-electron chi connectivity index (χ0n) is 20.0. The summed E-state index contributed by atoms with van der Waals surface area (Å²) in [5.74, 6) is 0.206. The highest BCUT2D eigenvalue weighted by atomic mass is 32.2. The molecule has 0 saturated heterocycles. The van der Waals surface area contributed by atoms with Crippen molar-refractivity contribution >= 4 is 23.4 Å². The van der Waals surface area contributed by atoms with E-state index in [9.17, 15) is 13.6 Å². The first-order valence-corrected chi connectivity index (χ1v) is 12.2. The number of benzene rings is 2. The Bertz CT molecular complexity index is 1120. The predicted octanol–water partition coefficient (Wildman–Crippen LogP) is 6.21. The second-order valence-electron chi connectivity index (χ2n) is 8.79. The number of nitrogens with one attached hydrogen (secondary N) is 1. The first-order valence-electron chi connectivity index (χ1n) is 11.2. The number of amides is 1. The Morgan fingerprint density at radius 3 is 2.38 bits per heavy atom. The van der Waals surface area contributed by atoms with Crippen molar-refractivity contribution in [1.82, 2.24) is 14.8 Å². The fourth-order valence-corrected chi connectivity index (χ4v) is 4.09. The number of aromatic nitrogens is 3. The number of hydrogen-bond acceptors (Lipinski definition) is 5. The Hall–Kier alpha value is -2.94. The Kier molecular flexibility index (Phi) is 8.66. The van der Waals surface area contributed by atoms with Crippen LogP contribution in [0.1, 0.15) is 58.0 Å². The fraction of sp³-hybridized carbons (Fsp3) is 0.400. The molecule has 1 heterocycles. The molecule has 3 rings (SSSR count). The predicted molar refractivity (Wildman–Crippen MR) is 130 cm³/mol. The van der Waals surface area contributed by atoms with Crippen LogP contribution in [-0.2, 0) is 11.3 Å². The third-order valence-electron chi connectivity index (χ3n) is 5.05. The van der Waals surface area contributed by atoms with Gasteiger partial charge in [-0.3, -0.25) is 4.79 Å². The molecule has 0 aliphatic carbocycles. The standard InChI is InChI=1S/C25H30F2N4O2S/c1-15(2)13-31-24(17(5)33-20-9-6-18(7-10-20)16(3)4)29-30-25(31)34-14-23(32)28-22-11-8-19(26)12-21(22)27/h6-12,15-17H,13-14H2,1-5H3,(H,28,32). The van der Waals surface area contributed by atoms with E-state index in [-0.39, 0.29) is 17.5 Å². The second kappa shape index (κ2) is 11.5. The quantitative estimate of drug-likeness (QED) is 0.344. The SMILES string of the molecule is CC(C)Cn1c(SCC(=O)Nc2ccc(F)cc2F)nnc1C(C)Oc1ccc(C(C)C)cc1. The topological polar surface area (TPSA) is 69.0 Å². The zero-order chi connectivity index (χ0) is 24.8. The van der Waals surface area contributed by atoms with Crippen molar-refractivity contribution < 1.29 is 18.3 Å². The van der Waals surface area contributed by atoms with Gasteiger partial charge in [0, 0.05) is 12.6 Å². The molecule has 1 N–H and O–H groups in total. The van der Waals surface area contributed by atoms with Crippen molar-refractivity contribution in [2.24, 2.45) is 5.92 Å². The molecule has 1 amide bonds. The summed E-state index contributed by atoms with van der Waals surface area (Å²) in [5.41, 5.74) is 1.17. The van der Waals surface area contributed by atoms with Gasteiger partial charge in [-0.05, 0) is 48.6 Å². The smallest absolute Gasteiger partial charge is 0.234 e. The number of ether oxygens (including phenoxy) is 1. The maximum atomic E-state index is 13.8. The minimum absolute atomic E-state index is 0.00104. The molecule has 182 valence electrons. The van der Waals surface area contributed by atoms with Crippen molar-refractivity contribution in [2.75, 3.05) is 11.1 Å². The van der Waals surface area contributed by atoms with Crippen LogP contribution >= 0.6 is 11.8 Å². The molecular formula is C25H30F2N4O2S. The van der Waals surface area contributed by atoms with Gasteiger partial charge in [0.25, 0.3) is 0 Å². The summed E-state index contributed by atoms with van der Waals surface area (Å²) >= 11 is 1.20. The molecule has 0 fully saturated rings. The van der Waals surface area contributed by atoms with Gasteiger partial charge in [-0.2, -0.15) is 0 Å². The Morgan fingerprint density at radius 1 is 1.06 bits per heavy atom. The summed E-state index contributed by atoms with van der Waals surface area (Å²) in [6.45, 7) is 11.0. The van der Waals surface area contributed by atoms with Gasteiger partial charge in [0.05, 0.1) is 11.4 Å². The van der Waals surface area contributed by atoms with Crippen LogP contribution in [0.3, 0.4) is 0 Å². The molecule has 34 heavy (non-hydrogen) atoms. The maximum absolute atomic E-state index is 13.8. The lowest BCUT2D eigenvalue weighted by atomic mass is 10.0. The fourth-order valence-electron chi connectivity index (χ4n) is 3.34. The van der Waals surface area contributed by atoms with Gasteiger partial charge in [-0.25, -0.2) is 8.78 Å². The van der Waals surface area contributed by atoms with Crippen molar-refractivity contribution in [3.63, 3.8) is 0 Å². The minimum Gasteiger partial charge on any atom is -0.483 e. The van der Waals surface area contributed by atoms with Crippen LogP contribution in [-0.4, -0.2) is 26.4 Å². The van der Waals surface area contributed by atoms with Gasteiger partial charge in [0.15, 0.2) is 17.1 Å². The van der Waals surface area contributed by atoms with Crippen molar-refractivity contribution in [2.45, 2.75) is 58.3 Å². The van der Waals surface area contributed by atoms with Crippen LogP contribution in [0.25, 0.3) is 0 Å². The van der Waals surface area contributed by atoms with Crippen molar-refractivity contribution in [3.8, 4) is 5.75 Å². The average Bonchev–Trinajstić information content (AvgIpc) is 3.16. The van der Waals surface area contributed by atoms with Gasteiger partial charge < -0.3 is 14.6 Å². The summed E-state index contributed by atoms with van der Waals surface area (Å²) in [7, 11) is 0. The van der Waals surface area contributed by atoms with Crippen LogP contribution in [0.15, 0.2) is 47.6 Å². The third-order valence-corrected chi connectivity index (χ3v) is 6.02. The lowest BCUT2D eigenvalue weighted by molar-refractivity contribution is -0.113. The van der Waals surface area contributed by atoms with E-state index in [0.29, 0.717) is 29.4 Å². The number of carbonyl (C=O) groups is 1. The van der Waals surface area contributed by atoms with Crippen LogP contribution in [0.4, 0.5) is 14.5 Å². The number of nitrogens with zero attached hydrogens (tertiary/aromatic N) is 3. The van der Waals surface area contributed by atoms with E-state index in [1.54, 1.807) is 0 Å². The van der Waals surface area contributed by atoms with E-state index < -0.39 is 17.5 Å². The highest BCUT2D eigenvalue weighted by molar-refractivity contribution is 7.99. The van der Waals surface area contributed by atoms with E-state index in [4.69, 9.17) is 4.74 Å². The molecule has 3 aromatic rings. The largest absolute Gasteiger partial charge is 0.483 e.